The molecule has 0 aromatic carbocycles. The van der Waals surface area contributed by atoms with Gasteiger partial charge in [0, 0.05) is 0 Å². The number of fused-ring (bicyclic) bond motifs is 1. The number of hydrogen-bond acceptors (Lipinski definition) is 0. The Morgan fingerprint density at radius 1 is 1.08 bits per heavy atom. The maximum absolute atomic E-state index is 2.55. The molecule has 4 unspecified atom stereocenters. The molecular weight excluding hydrogens is 144 g/mol. The zero-order valence-corrected chi connectivity index (χ0v) is 8.77. The minimum atomic E-state index is 0.720. The van der Waals surface area contributed by atoms with Crippen molar-refractivity contribution in [2.45, 2.75) is 52.9 Å². The summed E-state index contributed by atoms with van der Waals surface area (Å²) in [4.78, 5) is 0. The van der Waals surface area contributed by atoms with E-state index in [0.717, 1.165) is 23.2 Å². The van der Waals surface area contributed by atoms with Crippen LogP contribution >= 0.6 is 0 Å². The van der Waals surface area contributed by atoms with Crippen molar-refractivity contribution in [2.24, 2.45) is 23.2 Å². The molecular formula is C12H22. The molecule has 0 saturated heterocycles. The molecule has 0 amide bonds. The van der Waals surface area contributed by atoms with Gasteiger partial charge in [0.05, 0.1) is 0 Å². The van der Waals surface area contributed by atoms with Crippen LogP contribution in [0.15, 0.2) is 0 Å². The van der Waals surface area contributed by atoms with Gasteiger partial charge in [-0.2, -0.15) is 0 Å². The first-order valence-electron chi connectivity index (χ1n) is 5.64. The minimum Gasteiger partial charge on any atom is -0.0622 e. The van der Waals surface area contributed by atoms with Gasteiger partial charge in [0.1, 0.15) is 0 Å². The first-order valence-corrected chi connectivity index (χ1v) is 5.64. The van der Waals surface area contributed by atoms with Crippen molar-refractivity contribution in [3.8, 4) is 0 Å². The van der Waals surface area contributed by atoms with E-state index >= 15 is 0 Å². The quantitative estimate of drug-likeness (QED) is 0.512. The molecule has 0 N–H and O–H groups in total. The number of rotatable bonds is 0. The summed E-state index contributed by atoms with van der Waals surface area (Å²) in [5.74, 6) is 3.06. The highest BCUT2D eigenvalue weighted by Crippen LogP contribution is 2.56. The second-order valence-electron chi connectivity index (χ2n) is 5.46. The summed E-state index contributed by atoms with van der Waals surface area (Å²) in [6.45, 7) is 7.49. The van der Waals surface area contributed by atoms with Gasteiger partial charge in [-0.1, -0.05) is 33.6 Å². The Balaban J connectivity index is 2.20. The molecule has 0 aliphatic heterocycles. The summed E-state index contributed by atoms with van der Waals surface area (Å²) in [6, 6.07) is 0. The molecule has 2 fully saturated rings. The molecule has 0 spiro atoms. The second kappa shape index (κ2) is 2.75. The standard InChI is InChI=1S/C12H22/c1-9-5-4-8-12(3)10(2)6-7-11(9)12/h9-11H,4-8H2,1-3H3. The van der Waals surface area contributed by atoms with Crippen LogP contribution in [0.4, 0.5) is 0 Å². The van der Waals surface area contributed by atoms with Gasteiger partial charge in [-0.3, -0.25) is 0 Å². The van der Waals surface area contributed by atoms with E-state index in [9.17, 15) is 0 Å². The van der Waals surface area contributed by atoms with E-state index in [4.69, 9.17) is 0 Å². The van der Waals surface area contributed by atoms with Crippen LogP contribution in [0.3, 0.4) is 0 Å². The second-order valence-corrected chi connectivity index (χ2v) is 5.46. The third kappa shape index (κ3) is 1.03. The molecule has 0 aromatic rings. The molecule has 0 nitrogen and oxygen atoms in total. The van der Waals surface area contributed by atoms with E-state index in [-0.39, 0.29) is 0 Å². The van der Waals surface area contributed by atoms with E-state index < -0.39 is 0 Å². The maximum Gasteiger partial charge on any atom is -0.0269 e. The average molecular weight is 166 g/mol. The monoisotopic (exact) mass is 166 g/mol. The molecule has 0 radical (unpaired) electrons. The molecule has 12 heavy (non-hydrogen) atoms. The molecule has 4 atom stereocenters. The molecule has 2 aliphatic carbocycles. The molecule has 0 aromatic heterocycles. The van der Waals surface area contributed by atoms with Gasteiger partial charge in [-0.15, -0.1) is 0 Å². The van der Waals surface area contributed by atoms with E-state index in [1.165, 1.54) is 32.1 Å². The van der Waals surface area contributed by atoms with Crippen LogP contribution in [-0.2, 0) is 0 Å². The van der Waals surface area contributed by atoms with E-state index in [1.807, 2.05) is 0 Å². The summed E-state index contributed by atoms with van der Waals surface area (Å²) < 4.78 is 0. The van der Waals surface area contributed by atoms with Gasteiger partial charge in [0.15, 0.2) is 0 Å². The van der Waals surface area contributed by atoms with Gasteiger partial charge < -0.3 is 0 Å². The summed E-state index contributed by atoms with van der Waals surface area (Å²) in [5, 5.41) is 0. The highest BCUT2D eigenvalue weighted by atomic mass is 14.5. The summed E-state index contributed by atoms with van der Waals surface area (Å²) in [6.07, 6.45) is 7.49. The van der Waals surface area contributed by atoms with Crippen LogP contribution in [0.2, 0.25) is 0 Å². The van der Waals surface area contributed by atoms with Gasteiger partial charge >= 0.3 is 0 Å². The third-order valence-corrected chi connectivity index (χ3v) is 4.95. The zero-order valence-electron chi connectivity index (χ0n) is 8.77. The predicted molar refractivity (Wildman–Crippen MR) is 53.0 cm³/mol. The van der Waals surface area contributed by atoms with Crippen molar-refractivity contribution in [1.82, 2.24) is 0 Å². The topological polar surface area (TPSA) is 0 Å². The first-order chi connectivity index (χ1) is 5.64. The summed E-state index contributed by atoms with van der Waals surface area (Å²) in [5.41, 5.74) is 0.720. The van der Waals surface area contributed by atoms with E-state index in [2.05, 4.69) is 20.8 Å². The van der Waals surface area contributed by atoms with Crippen LogP contribution in [0.25, 0.3) is 0 Å². The first kappa shape index (κ1) is 8.59. The Labute approximate surface area is 76.7 Å². The minimum absolute atomic E-state index is 0.720. The van der Waals surface area contributed by atoms with Crippen molar-refractivity contribution in [2.75, 3.05) is 0 Å². The average Bonchev–Trinajstić information content (AvgIpc) is 2.30. The third-order valence-electron chi connectivity index (χ3n) is 4.95. The zero-order chi connectivity index (χ0) is 8.77. The van der Waals surface area contributed by atoms with Gasteiger partial charge in [-0.25, -0.2) is 0 Å². The Morgan fingerprint density at radius 2 is 1.83 bits per heavy atom. The SMILES string of the molecule is CC1CCCC2(C)C(C)CCC12. The smallest absolute Gasteiger partial charge is 0.0269 e. The molecule has 0 bridgehead atoms. The normalized spacial score (nSPS) is 53.8. The van der Waals surface area contributed by atoms with E-state index in [0.29, 0.717) is 0 Å². The summed E-state index contributed by atoms with van der Waals surface area (Å²) in [7, 11) is 0. The molecule has 70 valence electrons. The Kier molecular flexibility index (Phi) is 1.97. The molecule has 2 rings (SSSR count). The van der Waals surface area contributed by atoms with Crippen molar-refractivity contribution < 1.29 is 0 Å². The Bertz CT molecular complexity index is 173. The van der Waals surface area contributed by atoms with Crippen molar-refractivity contribution >= 4 is 0 Å². The maximum atomic E-state index is 2.55. The summed E-state index contributed by atoms with van der Waals surface area (Å²) >= 11 is 0. The molecule has 0 heteroatoms. The molecule has 2 aliphatic rings. The van der Waals surface area contributed by atoms with Crippen molar-refractivity contribution in [3.05, 3.63) is 0 Å². The Morgan fingerprint density at radius 3 is 2.50 bits per heavy atom. The van der Waals surface area contributed by atoms with Gasteiger partial charge in [0.25, 0.3) is 0 Å². The van der Waals surface area contributed by atoms with Crippen molar-refractivity contribution in [1.29, 1.82) is 0 Å². The molecule has 2 saturated carbocycles. The lowest BCUT2D eigenvalue weighted by Gasteiger charge is -2.43. The van der Waals surface area contributed by atoms with Crippen LogP contribution in [0.1, 0.15) is 52.9 Å². The van der Waals surface area contributed by atoms with E-state index in [1.54, 1.807) is 0 Å². The number of hydrogen-bond donors (Lipinski definition) is 0. The fraction of sp³-hybridized carbons (Fsp3) is 1.00. The van der Waals surface area contributed by atoms with Crippen LogP contribution in [0.5, 0.6) is 0 Å². The fourth-order valence-electron chi connectivity index (χ4n) is 3.83. The predicted octanol–water partition coefficient (Wildman–Crippen LogP) is 3.86. The Hall–Kier alpha value is 0. The van der Waals surface area contributed by atoms with Crippen molar-refractivity contribution in [3.63, 3.8) is 0 Å². The van der Waals surface area contributed by atoms with Gasteiger partial charge in [-0.05, 0) is 42.4 Å². The largest absolute Gasteiger partial charge is 0.0622 e. The lowest BCUT2D eigenvalue weighted by atomic mass is 9.62. The highest BCUT2D eigenvalue weighted by molar-refractivity contribution is 4.97. The van der Waals surface area contributed by atoms with Crippen LogP contribution in [-0.4, -0.2) is 0 Å². The van der Waals surface area contributed by atoms with Crippen LogP contribution < -0.4 is 0 Å². The fourth-order valence-corrected chi connectivity index (χ4v) is 3.83. The molecule has 0 heterocycles. The highest BCUT2D eigenvalue weighted by Gasteiger charge is 2.47. The van der Waals surface area contributed by atoms with Gasteiger partial charge in [0.2, 0.25) is 0 Å². The lowest BCUT2D eigenvalue weighted by Crippen LogP contribution is -2.34. The van der Waals surface area contributed by atoms with Crippen LogP contribution in [0, 0.1) is 23.2 Å². The lowest BCUT2D eigenvalue weighted by molar-refractivity contribution is 0.0658.